The molecule has 0 unspecified atom stereocenters. The Balaban J connectivity index is 0.811. The molecule has 1 aliphatic rings. The van der Waals surface area contributed by atoms with Gasteiger partial charge in [-0.3, -0.25) is 4.79 Å². The number of carbonyl (C=O) groups excluding carboxylic acids is 1. The molecule has 6 aromatic carbocycles. The lowest BCUT2D eigenvalue weighted by atomic mass is 9.85. The van der Waals surface area contributed by atoms with Gasteiger partial charge in [-0.2, -0.15) is 15.3 Å². The van der Waals surface area contributed by atoms with E-state index in [2.05, 4.69) is 38.7 Å². The fraction of sp³-hybridized carbons (Fsp3) is 0.229. The number of azo groups is 2. The number of hydrogen-bond donors (Lipinski definition) is 1. The highest BCUT2D eigenvalue weighted by molar-refractivity contribution is 6.06. The van der Waals surface area contributed by atoms with E-state index in [9.17, 15) is 9.90 Å². The third-order valence-corrected chi connectivity index (χ3v) is 9.78. The zero-order chi connectivity index (χ0) is 38.4. The summed E-state index contributed by atoms with van der Waals surface area (Å²) >= 11 is 0. The largest absolute Gasteiger partial charge is 0.507 e. The number of nitrogens with zero attached hydrogens (tertiary/aromatic N) is 4. The fourth-order valence-electron chi connectivity index (χ4n) is 6.90. The molecule has 0 aliphatic heterocycles. The van der Waals surface area contributed by atoms with Crippen LogP contribution in [-0.4, -0.2) is 24.1 Å². The molecule has 0 fully saturated rings. The number of aromatic hydroxyl groups is 1. The lowest BCUT2D eigenvalue weighted by molar-refractivity contribution is -0.114. The molecule has 0 spiro atoms. The Bertz CT molecular complexity index is 2320. The average Bonchev–Trinajstić information content (AvgIpc) is 3.23. The highest BCUT2D eigenvalue weighted by Crippen LogP contribution is 2.40. The van der Waals surface area contributed by atoms with Gasteiger partial charge in [-0.25, -0.2) is 0 Å². The first-order valence-corrected chi connectivity index (χ1v) is 19.5. The molecule has 0 amide bonds. The third-order valence-electron chi connectivity index (χ3n) is 9.78. The zero-order valence-corrected chi connectivity index (χ0v) is 31.5. The quantitative estimate of drug-likeness (QED) is 0.0699. The summed E-state index contributed by atoms with van der Waals surface area (Å²) in [6.45, 7) is 1.20. The lowest BCUT2D eigenvalue weighted by Gasteiger charge is -2.20. The molecule has 1 aliphatic carbocycles. The van der Waals surface area contributed by atoms with Crippen LogP contribution in [0, 0.1) is 0 Å². The Hall–Kier alpha value is -6.41. The van der Waals surface area contributed by atoms with Gasteiger partial charge >= 0.3 is 0 Å². The maximum absolute atomic E-state index is 12.5. The first kappa shape index (κ1) is 37.9. The number of phenolic OH excluding ortho intramolecular Hbond substituents is 1. The molecule has 0 saturated heterocycles. The van der Waals surface area contributed by atoms with Crippen LogP contribution < -0.4 is 9.47 Å². The molecule has 0 heterocycles. The molecule has 282 valence electrons. The predicted octanol–water partition coefficient (Wildman–Crippen LogP) is 13.5. The van der Waals surface area contributed by atoms with Crippen LogP contribution >= 0.6 is 0 Å². The van der Waals surface area contributed by atoms with E-state index in [-0.39, 0.29) is 18.0 Å². The van der Waals surface area contributed by atoms with Crippen LogP contribution in [0.5, 0.6) is 17.2 Å². The Morgan fingerprint density at radius 3 is 1.82 bits per heavy atom. The van der Waals surface area contributed by atoms with E-state index < -0.39 is 0 Å². The van der Waals surface area contributed by atoms with Crippen LogP contribution in [0.1, 0.15) is 68.1 Å². The van der Waals surface area contributed by atoms with Gasteiger partial charge in [-0.1, -0.05) is 117 Å². The number of ether oxygens (including phenoxy) is 2. The first-order valence-electron chi connectivity index (χ1n) is 19.5. The molecule has 1 N–H and O–H groups in total. The summed E-state index contributed by atoms with van der Waals surface area (Å²) in [5.74, 6) is 1.52. The maximum atomic E-state index is 12.5. The molecule has 0 radical (unpaired) electrons. The zero-order valence-electron chi connectivity index (χ0n) is 31.5. The molecule has 56 heavy (non-hydrogen) atoms. The standard InChI is InChI=1S/C48H46N4O4/c53-41-31-37-32-42(34-45(54)47(37)44(33-41)35-17-9-7-10-18-35)55-29-15-5-3-1-2-4-6-16-30-56-46-28-23-36-19-13-14-22-43(36)48(46)52-51-40-26-24-39(25-27-40)50-49-38-20-11-8-12-21-38/h7-14,17-28,32-34,54H,1-6,15-16,29-31H2/b50-49+,52-51+. The minimum Gasteiger partial charge on any atom is -0.507 e. The van der Waals surface area contributed by atoms with Crippen LogP contribution in [-0.2, 0) is 11.2 Å². The molecular weight excluding hydrogens is 697 g/mol. The van der Waals surface area contributed by atoms with Crippen molar-refractivity contribution in [2.24, 2.45) is 20.5 Å². The molecule has 8 nitrogen and oxygen atoms in total. The topological polar surface area (TPSA) is 105 Å². The van der Waals surface area contributed by atoms with Crippen molar-refractivity contribution in [1.82, 2.24) is 0 Å². The Morgan fingerprint density at radius 2 is 1.12 bits per heavy atom. The summed E-state index contributed by atoms with van der Waals surface area (Å²) in [4.78, 5) is 12.5. The minimum absolute atomic E-state index is 0.0285. The maximum Gasteiger partial charge on any atom is 0.160 e. The van der Waals surface area contributed by atoms with Gasteiger partial charge in [0.1, 0.15) is 22.9 Å². The minimum atomic E-state index is 0.0285. The summed E-state index contributed by atoms with van der Waals surface area (Å²) in [5, 5.41) is 30.8. The van der Waals surface area contributed by atoms with Crippen LogP contribution in [0.2, 0.25) is 0 Å². The van der Waals surface area contributed by atoms with Crippen molar-refractivity contribution in [2.45, 2.75) is 57.8 Å². The average molecular weight is 743 g/mol. The predicted molar refractivity (Wildman–Crippen MR) is 223 cm³/mol. The molecule has 0 aromatic heterocycles. The monoisotopic (exact) mass is 742 g/mol. The van der Waals surface area contributed by atoms with Crippen LogP contribution in [0.15, 0.2) is 160 Å². The van der Waals surface area contributed by atoms with Gasteiger partial charge in [0.15, 0.2) is 5.78 Å². The summed E-state index contributed by atoms with van der Waals surface area (Å²) in [5.41, 5.74) is 6.20. The van der Waals surface area contributed by atoms with Crippen molar-refractivity contribution in [3.8, 4) is 17.2 Å². The number of rotatable bonds is 18. The molecule has 0 bridgehead atoms. The first-order chi connectivity index (χ1) is 27.6. The lowest BCUT2D eigenvalue weighted by Crippen LogP contribution is -2.11. The van der Waals surface area contributed by atoms with Gasteiger partial charge in [0.05, 0.1) is 30.3 Å². The number of unbranched alkanes of at least 4 members (excludes halogenated alkanes) is 7. The number of ketones is 1. The van der Waals surface area contributed by atoms with Gasteiger partial charge in [-0.05, 0) is 89.5 Å². The molecular formula is C48H46N4O4. The Kier molecular flexibility index (Phi) is 13.0. The van der Waals surface area contributed by atoms with E-state index in [1.54, 1.807) is 12.1 Å². The highest BCUT2D eigenvalue weighted by atomic mass is 16.5. The summed E-state index contributed by atoms with van der Waals surface area (Å²) in [6.07, 6.45) is 10.7. The highest BCUT2D eigenvalue weighted by Gasteiger charge is 2.23. The Labute approximate surface area is 328 Å². The van der Waals surface area contributed by atoms with Crippen molar-refractivity contribution in [2.75, 3.05) is 13.2 Å². The molecule has 7 rings (SSSR count). The van der Waals surface area contributed by atoms with Crippen molar-refractivity contribution in [3.05, 3.63) is 156 Å². The summed E-state index contributed by atoms with van der Waals surface area (Å²) < 4.78 is 12.3. The number of fused-ring (bicyclic) bond motifs is 2. The van der Waals surface area contributed by atoms with Gasteiger partial charge in [-0.15, -0.1) is 5.11 Å². The van der Waals surface area contributed by atoms with Gasteiger partial charge in [0.2, 0.25) is 0 Å². The normalized spacial score (nSPS) is 12.6. The number of benzene rings is 6. The van der Waals surface area contributed by atoms with E-state index in [0.29, 0.717) is 19.0 Å². The smallest absolute Gasteiger partial charge is 0.160 e. The van der Waals surface area contributed by atoms with Gasteiger partial charge in [0, 0.05) is 23.4 Å². The van der Waals surface area contributed by atoms with E-state index in [4.69, 9.17) is 9.47 Å². The van der Waals surface area contributed by atoms with Gasteiger partial charge < -0.3 is 14.6 Å². The van der Waals surface area contributed by atoms with Crippen molar-refractivity contribution >= 4 is 44.9 Å². The van der Waals surface area contributed by atoms with Crippen molar-refractivity contribution in [1.29, 1.82) is 0 Å². The molecule has 8 heteroatoms. The Morgan fingerprint density at radius 1 is 0.554 bits per heavy atom. The molecule has 0 saturated carbocycles. The van der Waals surface area contributed by atoms with Gasteiger partial charge in [0.25, 0.3) is 0 Å². The van der Waals surface area contributed by atoms with Crippen molar-refractivity contribution in [3.63, 3.8) is 0 Å². The second-order valence-electron chi connectivity index (χ2n) is 14.0. The third kappa shape index (κ3) is 10.2. The van der Waals surface area contributed by atoms with Crippen LogP contribution in [0.4, 0.5) is 22.7 Å². The number of allylic oxidation sites excluding steroid dienone is 1. The second-order valence-corrected chi connectivity index (χ2v) is 14.0. The molecule has 0 atom stereocenters. The number of hydrogen-bond acceptors (Lipinski definition) is 8. The van der Waals surface area contributed by atoms with Crippen LogP contribution in [0.3, 0.4) is 0 Å². The van der Waals surface area contributed by atoms with E-state index in [1.165, 1.54) is 12.8 Å². The van der Waals surface area contributed by atoms with E-state index >= 15 is 0 Å². The number of phenols is 1. The number of carbonyl (C=O) groups is 1. The fourth-order valence-corrected chi connectivity index (χ4v) is 6.90. The second kappa shape index (κ2) is 19.3. The van der Waals surface area contributed by atoms with Crippen LogP contribution in [0.25, 0.3) is 16.3 Å². The van der Waals surface area contributed by atoms with E-state index in [1.807, 2.05) is 109 Å². The molecule has 6 aromatic rings. The summed E-state index contributed by atoms with van der Waals surface area (Å²) in [7, 11) is 0. The van der Waals surface area contributed by atoms with E-state index in [0.717, 1.165) is 100 Å². The SMILES string of the molecule is O=C1C=C(c2ccccc2)c2c(O)cc(OCCCCCCCCCCOc3ccc4ccccc4c3/N=N/c3ccc(/N=N/c4ccccc4)cc3)cc2C1. The van der Waals surface area contributed by atoms with Crippen molar-refractivity contribution < 1.29 is 19.4 Å². The summed E-state index contributed by atoms with van der Waals surface area (Å²) in [6, 6.07) is 42.7.